The van der Waals surface area contributed by atoms with E-state index < -0.39 is 0 Å². The van der Waals surface area contributed by atoms with Gasteiger partial charge in [0.2, 0.25) is 22.3 Å². The van der Waals surface area contributed by atoms with Crippen LogP contribution in [0, 0.1) is 34.5 Å². The van der Waals surface area contributed by atoms with E-state index in [1.165, 1.54) is 35.1 Å². The summed E-state index contributed by atoms with van der Waals surface area (Å²) in [6.07, 6.45) is 15.7. The summed E-state index contributed by atoms with van der Waals surface area (Å²) in [4.78, 5) is 40.9. The number of fused-ring (bicyclic) bond motifs is 10. The fraction of sp³-hybridized carbons (Fsp3) is 0.500. The van der Waals surface area contributed by atoms with Crippen LogP contribution in [0.4, 0.5) is 0 Å². The molecule has 6 aliphatic rings. The number of hydrogen-bond donors (Lipinski definition) is 0. The number of ketones is 2. The standard InChI is InChI=1S/2C22H23ClN2O2/c2*1-22-10-8-16-15-5-3-14(27-20-9-11-24-21(23)25-20)12-13(15)2-4-17(16)18(22)6-7-19(22)26/h2*3,5,9,11-12,16-18H,2,4,6-8,10H2,1H3/t2*16-,17-,18+,22+/m11/s1. The van der Waals surface area contributed by atoms with E-state index in [9.17, 15) is 9.59 Å². The van der Waals surface area contributed by atoms with Crippen molar-refractivity contribution in [3.63, 3.8) is 0 Å². The van der Waals surface area contributed by atoms with Gasteiger partial charge in [0.15, 0.2) is 0 Å². The second-order valence-corrected chi connectivity index (χ2v) is 17.6. The molecule has 0 radical (unpaired) electrons. The zero-order valence-corrected chi connectivity index (χ0v) is 32.4. The number of aryl methyl sites for hydroxylation is 2. The minimum Gasteiger partial charge on any atom is -0.439 e. The third-order valence-corrected chi connectivity index (χ3v) is 14.8. The number of carbonyl (C=O) groups excluding carboxylic acids is 2. The van der Waals surface area contributed by atoms with Gasteiger partial charge in [-0.25, -0.2) is 9.97 Å². The zero-order chi connectivity index (χ0) is 37.2. The summed E-state index contributed by atoms with van der Waals surface area (Å²) >= 11 is 11.7. The normalized spacial score (nSPS) is 31.8. The Morgan fingerprint density at radius 3 is 1.46 bits per heavy atom. The van der Waals surface area contributed by atoms with E-state index in [2.05, 4.69) is 58.0 Å². The summed E-state index contributed by atoms with van der Waals surface area (Å²) in [5.41, 5.74) is 5.55. The van der Waals surface area contributed by atoms with Crippen molar-refractivity contribution in [1.29, 1.82) is 0 Å². The molecule has 10 heteroatoms. The summed E-state index contributed by atoms with van der Waals surface area (Å²) in [5.74, 6) is 7.10. The molecular weight excluding hydrogens is 719 g/mol. The van der Waals surface area contributed by atoms with Crippen LogP contribution in [-0.4, -0.2) is 31.5 Å². The summed E-state index contributed by atoms with van der Waals surface area (Å²) < 4.78 is 11.8. The molecule has 0 saturated heterocycles. The molecule has 6 aliphatic carbocycles. The lowest BCUT2D eigenvalue weighted by Gasteiger charge is -2.48. The van der Waals surface area contributed by atoms with Crippen LogP contribution < -0.4 is 9.47 Å². The third kappa shape index (κ3) is 6.31. The van der Waals surface area contributed by atoms with Crippen LogP contribution in [0.15, 0.2) is 60.9 Å². The number of benzene rings is 2. The van der Waals surface area contributed by atoms with E-state index in [1.807, 2.05) is 12.1 Å². The maximum absolute atomic E-state index is 12.5. The molecule has 54 heavy (non-hydrogen) atoms. The zero-order valence-electron chi connectivity index (χ0n) is 30.9. The Morgan fingerprint density at radius 2 is 1.04 bits per heavy atom. The van der Waals surface area contributed by atoms with Crippen molar-refractivity contribution in [2.24, 2.45) is 34.5 Å². The highest BCUT2D eigenvalue weighted by Gasteiger charge is 2.55. The molecule has 8 atom stereocenters. The molecular formula is C44H46Cl2N4O4. The number of Topliss-reactive ketones (excluding diaryl/α,β-unsaturated/α-hetero) is 2. The van der Waals surface area contributed by atoms with Gasteiger partial charge >= 0.3 is 0 Å². The van der Waals surface area contributed by atoms with Gasteiger partial charge in [0, 0.05) is 48.2 Å². The highest BCUT2D eigenvalue weighted by atomic mass is 35.5. The SMILES string of the molecule is C[C@]12CC[C@@H]3c4ccc(Oc5ccnc(Cl)n5)cc4CC[C@H]3[C@@H]1CCC2=O.C[C@]12CC[C@@H]3c4ccc(Oc5ccnc(Cl)n5)cc4CC[C@H]3[C@@H]1CCC2=O. The fourth-order valence-electron chi connectivity index (χ4n) is 11.8. The lowest BCUT2D eigenvalue weighted by molar-refractivity contribution is -0.130. The topological polar surface area (TPSA) is 104 Å². The van der Waals surface area contributed by atoms with E-state index in [-0.39, 0.29) is 21.4 Å². The Bertz CT molecular complexity index is 1980. The first-order valence-electron chi connectivity index (χ1n) is 19.7. The van der Waals surface area contributed by atoms with Gasteiger partial charge in [0.05, 0.1) is 0 Å². The maximum atomic E-state index is 12.5. The van der Waals surface area contributed by atoms with Crippen LogP contribution in [-0.2, 0) is 22.4 Å². The summed E-state index contributed by atoms with van der Waals surface area (Å²) in [7, 11) is 0. The molecule has 2 heterocycles. The monoisotopic (exact) mass is 764 g/mol. The average molecular weight is 766 g/mol. The predicted molar refractivity (Wildman–Crippen MR) is 206 cm³/mol. The first-order valence-corrected chi connectivity index (χ1v) is 20.5. The van der Waals surface area contributed by atoms with Crippen molar-refractivity contribution >= 4 is 34.8 Å². The molecule has 0 amide bonds. The number of halogens is 2. The van der Waals surface area contributed by atoms with Crippen LogP contribution in [0.5, 0.6) is 23.3 Å². The van der Waals surface area contributed by atoms with Crippen molar-refractivity contribution < 1.29 is 19.1 Å². The Hall–Kier alpha value is -3.88. The Labute approximate surface area is 326 Å². The molecule has 2 aromatic carbocycles. The van der Waals surface area contributed by atoms with Gasteiger partial charge in [-0.05, 0) is 169 Å². The second-order valence-electron chi connectivity index (χ2n) is 16.9. The number of rotatable bonds is 4. The first kappa shape index (κ1) is 35.8. The van der Waals surface area contributed by atoms with Crippen LogP contribution in [0.25, 0.3) is 0 Å². The molecule has 4 saturated carbocycles. The van der Waals surface area contributed by atoms with E-state index >= 15 is 0 Å². The molecule has 0 aliphatic heterocycles. The lowest BCUT2D eigenvalue weighted by atomic mass is 9.55. The molecule has 2 aromatic heterocycles. The molecule has 0 N–H and O–H groups in total. The van der Waals surface area contributed by atoms with Crippen LogP contribution in [0.3, 0.4) is 0 Å². The average Bonchev–Trinajstić information content (AvgIpc) is 3.65. The first-order chi connectivity index (χ1) is 26.1. The molecule has 4 fully saturated rings. The summed E-state index contributed by atoms with van der Waals surface area (Å²) in [6.45, 7) is 4.45. The Kier molecular flexibility index (Phi) is 9.28. The molecule has 0 bridgehead atoms. The lowest BCUT2D eigenvalue weighted by Crippen LogP contribution is -2.42. The van der Waals surface area contributed by atoms with Crippen molar-refractivity contribution in [3.8, 4) is 23.3 Å². The van der Waals surface area contributed by atoms with Crippen molar-refractivity contribution in [2.75, 3.05) is 0 Å². The van der Waals surface area contributed by atoms with Crippen molar-refractivity contribution in [3.05, 3.63) is 93.7 Å². The van der Waals surface area contributed by atoms with Gasteiger partial charge in [0.25, 0.3) is 0 Å². The molecule has 10 rings (SSSR count). The van der Waals surface area contributed by atoms with Gasteiger partial charge in [-0.1, -0.05) is 26.0 Å². The smallest absolute Gasteiger partial charge is 0.225 e. The van der Waals surface area contributed by atoms with Crippen LogP contribution >= 0.6 is 23.2 Å². The van der Waals surface area contributed by atoms with Crippen molar-refractivity contribution in [1.82, 2.24) is 19.9 Å². The number of nitrogens with zero attached hydrogens (tertiary/aromatic N) is 4. The predicted octanol–water partition coefficient (Wildman–Crippen LogP) is 10.7. The summed E-state index contributed by atoms with van der Waals surface area (Å²) in [5, 5.41) is 0.370. The highest BCUT2D eigenvalue weighted by molar-refractivity contribution is 6.28. The number of ether oxygens (including phenoxy) is 2. The Morgan fingerprint density at radius 1 is 0.593 bits per heavy atom. The van der Waals surface area contributed by atoms with E-state index in [0.717, 1.165) is 75.7 Å². The molecule has 280 valence electrons. The fourth-order valence-corrected chi connectivity index (χ4v) is 12.1. The van der Waals surface area contributed by atoms with Gasteiger partial charge in [-0.15, -0.1) is 0 Å². The van der Waals surface area contributed by atoms with E-state index in [0.29, 0.717) is 58.8 Å². The minimum atomic E-state index is -0.0615. The van der Waals surface area contributed by atoms with Gasteiger partial charge < -0.3 is 9.47 Å². The van der Waals surface area contributed by atoms with Gasteiger partial charge in [0.1, 0.15) is 23.1 Å². The third-order valence-electron chi connectivity index (χ3n) is 14.5. The molecule has 4 aromatic rings. The maximum Gasteiger partial charge on any atom is 0.225 e. The molecule has 8 nitrogen and oxygen atoms in total. The van der Waals surface area contributed by atoms with Crippen LogP contribution in [0.2, 0.25) is 10.6 Å². The molecule has 0 spiro atoms. The van der Waals surface area contributed by atoms with Gasteiger partial charge in [-0.3, -0.25) is 9.59 Å². The Balaban J connectivity index is 0.000000142. The highest BCUT2D eigenvalue weighted by Crippen LogP contribution is 2.61. The van der Waals surface area contributed by atoms with E-state index in [1.54, 1.807) is 24.5 Å². The minimum absolute atomic E-state index is 0.0615. The van der Waals surface area contributed by atoms with E-state index in [4.69, 9.17) is 32.7 Å². The number of hydrogen-bond acceptors (Lipinski definition) is 8. The number of aromatic nitrogens is 4. The quantitative estimate of drug-likeness (QED) is 0.189. The molecule has 0 unspecified atom stereocenters. The second kappa shape index (κ2) is 14.0. The summed E-state index contributed by atoms with van der Waals surface area (Å²) in [6, 6.07) is 16.2. The van der Waals surface area contributed by atoms with Crippen LogP contribution in [0.1, 0.15) is 112 Å². The number of carbonyl (C=O) groups is 2. The van der Waals surface area contributed by atoms with Crippen molar-refractivity contribution in [2.45, 2.75) is 103 Å². The van der Waals surface area contributed by atoms with Gasteiger partial charge in [-0.2, -0.15) is 9.97 Å². The largest absolute Gasteiger partial charge is 0.439 e.